The lowest BCUT2D eigenvalue weighted by Crippen LogP contribution is -2.40. The van der Waals surface area contributed by atoms with Crippen molar-refractivity contribution in [1.82, 2.24) is 14.0 Å². The molecule has 3 rings (SSSR count). The Labute approximate surface area is 89.0 Å². The van der Waals surface area contributed by atoms with Crippen LogP contribution in [0.15, 0.2) is 0 Å². The zero-order chi connectivity index (χ0) is 10.1. The Morgan fingerprint density at radius 2 is 1.14 bits per heavy atom. The van der Waals surface area contributed by atoms with E-state index in [2.05, 4.69) is 35.2 Å². The molecule has 82 valence electrons. The Hall–Kier alpha value is 0.310. The van der Waals surface area contributed by atoms with Crippen molar-refractivity contribution < 1.29 is 0 Å². The van der Waals surface area contributed by atoms with Gasteiger partial charge >= 0.3 is 0 Å². The second-order valence-electron chi connectivity index (χ2n) is 4.64. The Bertz CT molecular complexity index is 167. The molecule has 0 aromatic rings. The van der Waals surface area contributed by atoms with Crippen LogP contribution in [0.5, 0.6) is 0 Å². The van der Waals surface area contributed by atoms with Crippen LogP contribution in [-0.2, 0) is 0 Å². The predicted octanol–water partition coefficient (Wildman–Crippen LogP) is 1.82. The van der Waals surface area contributed by atoms with Gasteiger partial charge in [0.2, 0.25) is 0 Å². The molecule has 0 aromatic heterocycles. The van der Waals surface area contributed by atoms with Crippen molar-refractivity contribution in [2.75, 3.05) is 40.8 Å². The maximum Gasteiger partial charge on any atom is 0.119 e. The highest BCUT2D eigenvalue weighted by atomic mass is 31.2. The lowest BCUT2D eigenvalue weighted by atomic mass is 9.97. The second-order valence-corrected chi connectivity index (χ2v) is 7.23. The van der Waals surface area contributed by atoms with Gasteiger partial charge in [0.25, 0.3) is 0 Å². The Kier molecular flexibility index (Phi) is 3.43. The first-order valence-corrected chi connectivity index (χ1v) is 6.82. The van der Waals surface area contributed by atoms with Crippen molar-refractivity contribution in [3.05, 3.63) is 0 Å². The lowest BCUT2D eigenvalue weighted by molar-refractivity contribution is 0.254. The molecular weight excluding hydrogens is 193 g/mol. The maximum absolute atomic E-state index is 2.56. The van der Waals surface area contributed by atoms with Crippen LogP contribution in [0.2, 0.25) is 0 Å². The van der Waals surface area contributed by atoms with E-state index in [-0.39, 0.29) is 8.37 Å². The number of rotatable bonds is 0. The third-order valence-corrected chi connectivity index (χ3v) is 5.93. The topological polar surface area (TPSA) is 9.72 Å². The molecule has 3 heterocycles. The van der Waals surface area contributed by atoms with Gasteiger partial charge < -0.3 is 0 Å². The van der Waals surface area contributed by atoms with Crippen molar-refractivity contribution in [1.29, 1.82) is 0 Å². The van der Waals surface area contributed by atoms with Crippen LogP contribution in [0, 0.1) is 5.92 Å². The van der Waals surface area contributed by atoms with Gasteiger partial charge in [-0.2, -0.15) is 0 Å². The molecule has 0 aromatic carbocycles. The molecule has 14 heavy (non-hydrogen) atoms. The SMILES string of the molecule is CN1CCC2CCN(C)P1N(C)CC2. The first-order valence-electron chi connectivity index (χ1n) is 5.62. The molecule has 3 nitrogen and oxygen atoms in total. The Morgan fingerprint density at radius 1 is 0.786 bits per heavy atom. The molecule has 3 saturated heterocycles. The molecule has 3 aliphatic heterocycles. The summed E-state index contributed by atoms with van der Waals surface area (Å²) in [4.78, 5) is 0. The zero-order valence-corrected chi connectivity index (χ0v) is 10.5. The molecule has 3 aliphatic rings. The van der Waals surface area contributed by atoms with Gasteiger partial charge in [-0.25, -0.2) is 0 Å². The van der Waals surface area contributed by atoms with Crippen LogP contribution in [0.1, 0.15) is 19.3 Å². The van der Waals surface area contributed by atoms with Gasteiger partial charge in [-0.3, -0.25) is 14.0 Å². The standard InChI is InChI=1S/C10H22N3P/c1-11-7-4-10-5-8-12(2)14(11)13(3)9-6-10/h10H,4-9H2,1-3H3. The summed E-state index contributed by atoms with van der Waals surface area (Å²) in [6, 6.07) is 0. The van der Waals surface area contributed by atoms with E-state index in [4.69, 9.17) is 0 Å². The van der Waals surface area contributed by atoms with Crippen molar-refractivity contribution >= 4 is 8.37 Å². The molecule has 0 amide bonds. The van der Waals surface area contributed by atoms with Gasteiger partial charge in [-0.05, 0) is 46.3 Å². The van der Waals surface area contributed by atoms with E-state index in [1.807, 2.05) is 0 Å². The first kappa shape index (κ1) is 10.8. The van der Waals surface area contributed by atoms with Crippen molar-refractivity contribution in [3.8, 4) is 0 Å². The fourth-order valence-electron chi connectivity index (χ4n) is 2.59. The van der Waals surface area contributed by atoms with E-state index < -0.39 is 0 Å². The van der Waals surface area contributed by atoms with Crippen LogP contribution < -0.4 is 0 Å². The highest BCUT2D eigenvalue weighted by Crippen LogP contribution is 2.48. The maximum atomic E-state index is 2.56. The molecule has 0 radical (unpaired) electrons. The van der Waals surface area contributed by atoms with Gasteiger partial charge in [0.15, 0.2) is 0 Å². The third-order valence-electron chi connectivity index (χ3n) is 3.50. The van der Waals surface area contributed by atoms with E-state index in [0.717, 1.165) is 5.92 Å². The van der Waals surface area contributed by atoms with Crippen LogP contribution in [0.25, 0.3) is 0 Å². The molecular formula is C10H22N3P. The zero-order valence-electron chi connectivity index (χ0n) is 9.61. The largest absolute Gasteiger partial charge is 0.260 e. The highest BCUT2D eigenvalue weighted by molar-refractivity contribution is 7.50. The average molecular weight is 215 g/mol. The Morgan fingerprint density at radius 3 is 1.50 bits per heavy atom. The summed E-state index contributed by atoms with van der Waals surface area (Å²) in [5, 5.41) is 0. The smallest absolute Gasteiger partial charge is 0.119 e. The van der Waals surface area contributed by atoms with Gasteiger partial charge in [0.1, 0.15) is 8.37 Å². The summed E-state index contributed by atoms with van der Waals surface area (Å²) >= 11 is 0. The van der Waals surface area contributed by atoms with Crippen LogP contribution in [0.3, 0.4) is 0 Å². The fourth-order valence-corrected chi connectivity index (χ4v) is 5.04. The third kappa shape index (κ3) is 2.11. The summed E-state index contributed by atoms with van der Waals surface area (Å²) in [7, 11) is 6.69. The second kappa shape index (κ2) is 4.44. The van der Waals surface area contributed by atoms with E-state index in [9.17, 15) is 0 Å². The molecule has 0 saturated carbocycles. The molecule has 3 fully saturated rings. The van der Waals surface area contributed by atoms with Gasteiger partial charge in [0.05, 0.1) is 0 Å². The first-order chi connectivity index (χ1) is 6.68. The van der Waals surface area contributed by atoms with Crippen LogP contribution >= 0.6 is 8.37 Å². The number of hydrogen-bond donors (Lipinski definition) is 0. The van der Waals surface area contributed by atoms with E-state index in [0.29, 0.717) is 0 Å². The van der Waals surface area contributed by atoms with E-state index in [1.165, 1.54) is 38.9 Å². The molecule has 0 unspecified atom stereocenters. The molecule has 0 atom stereocenters. The number of hydrogen-bond acceptors (Lipinski definition) is 3. The van der Waals surface area contributed by atoms with Crippen molar-refractivity contribution in [2.45, 2.75) is 19.3 Å². The highest BCUT2D eigenvalue weighted by Gasteiger charge is 2.31. The number of fused-ring (bicyclic) bond motifs is 6. The molecule has 0 spiro atoms. The molecule has 4 heteroatoms. The monoisotopic (exact) mass is 215 g/mol. The van der Waals surface area contributed by atoms with Crippen molar-refractivity contribution in [3.63, 3.8) is 0 Å². The summed E-state index contributed by atoms with van der Waals surface area (Å²) in [5.74, 6) is 0.958. The van der Waals surface area contributed by atoms with Gasteiger partial charge in [-0.1, -0.05) is 0 Å². The number of nitrogens with zero attached hydrogens (tertiary/aromatic N) is 3. The molecule has 2 bridgehead atoms. The average Bonchev–Trinajstić information content (AvgIpc) is 2.11. The van der Waals surface area contributed by atoms with Crippen LogP contribution in [0.4, 0.5) is 0 Å². The summed E-state index contributed by atoms with van der Waals surface area (Å²) in [6.45, 7) is 3.85. The van der Waals surface area contributed by atoms with Gasteiger partial charge in [-0.15, -0.1) is 0 Å². The van der Waals surface area contributed by atoms with Crippen LogP contribution in [-0.4, -0.2) is 54.8 Å². The normalized spacial score (nSPS) is 37.9. The minimum Gasteiger partial charge on any atom is -0.260 e. The van der Waals surface area contributed by atoms with E-state index >= 15 is 0 Å². The summed E-state index contributed by atoms with van der Waals surface area (Å²) < 4.78 is 7.67. The minimum atomic E-state index is -0.161. The fraction of sp³-hybridized carbons (Fsp3) is 1.00. The lowest BCUT2D eigenvalue weighted by Gasteiger charge is -2.45. The summed E-state index contributed by atoms with van der Waals surface area (Å²) in [6.07, 6.45) is 4.24. The predicted molar refractivity (Wildman–Crippen MR) is 62.2 cm³/mol. The quantitative estimate of drug-likeness (QED) is 0.571. The van der Waals surface area contributed by atoms with Gasteiger partial charge in [0, 0.05) is 19.6 Å². The van der Waals surface area contributed by atoms with E-state index in [1.54, 1.807) is 0 Å². The summed E-state index contributed by atoms with van der Waals surface area (Å²) in [5.41, 5.74) is 0. The van der Waals surface area contributed by atoms with Crippen molar-refractivity contribution in [2.24, 2.45) is 5.92 Å². The molecule has 0 aliphatic carbocycles. The molecule has 0 N–H and O–H groups in total. The Balaban J connectivity index is 2.17. The minimum absolute atomic E-state index is 0.161.